The summed E-state index contributed by atoms with van der Waals surface area (Å²) in [5, 5.41) is 0. The van der Waals surface area contributed by atoms with Crippen LogP contribution in [0.5, 0.6) is 11.5 Å². The van der Waals surface area contributed by atoms with E-state index in [-0.39, 0.29) is 0 Å². The van der Waals surface area contributed by atoms with Crippen molar-refractivity contribution in [3.05, 3.63) is 83.9 Å². The lowest BCUT2D eigenvalue weighted by Crippen LogP contribution is -2.05. The van der Waals surface area contributed by atoms with Crippen molar-refractivity contribution in [3.8, 4) is 11.5 Å². The molecule has 3 aromatic carbocycles. The Morgan fingerprint density at radius 1 is 0.500 bits per heavy atom. The second-order valence-electron chi connectivity index (χ2n) is 6.61. The van der Waals surface area contributed by atoms with E-state index in [0.717, 1.165) is 21.3 Å². The van der Waals surface area contributed by atoms with Crippen molar-refractivity contribution in [1.29, 1.82) is 0 Å². The topological polar surface area (TPSA) is 36.9 Å². The van der Waals surface area contributed by atoms with Gasteiger partial charge in [-0.1, -0.05) is 35.4 Å². The van der Waals surface area contributed by atoms with Crippen LogP contribution < -0.4 is 9.47 Å². The van der Waals surface area contributed by atoms with Gasteiger partial charge in [-0.05, 0) is 62.4 Å². The van der Waals surface area contributed by atoms with E-state index in [9.17, 15) is 0 Å². The van der Waals surface area contributed by atoms with Gasteiger partial charge in [-0.15, -0.1) is 0 Å². The molecular weight excluding hydrogens is 416 g/mol. The van der Waals surface area contributed by atoms with Crippen LogP contribution in [0.2, 0.25) is 0 Å². The molecule has 0 aliphatic carbocycles. The molecule has 0 fully saturated rings. The van der Waals surface area contributed by atoms with E-state index >= 15 is 0 Å². The predicted octanol–water partition coefficient (Wildman–Crippen LogP) is 6.51. The lowest BCUT2D eigenvalue weighted by atomic mass is 10.2. The monoisotopic (exact) mass is 442 g/mol. The molecule has 0 N–H and O–H groups in total. The number of aryl methyl sites for hydroxylation is 2. The number of ether oxygens (including phenoxy) is 2. The molecule has 0 radical (unpaired) electrons. The Morgan fingerprint density at radius 3 is 1.23 bits per heavy atom. The van der Waals surface area contributed by atoms with Crippen molar-refractivity contribution in [2.24, 2.45) is 0 Å². The molecular formula is C24H26O4S2. The van der Waals surface area contributed by atoms with Gasteiger partial charge in [-0.2, -0.15) is 0 Å². The van der Waals surface area contributed by atoms with Crippen LogP contribution in [0.3, 0.4) is 0 Å². The van der Waals surface area contributed by atoms with Gasteiger partial charge in [-0.25, -0.2) is 0 Å². The molecule has 4 nitrogen and oxygen atoms in total. The number of hydrogen-bond acceptors (Lipinski definition) is 6. The average Bonchev–Trinajstić information content (AvgIpc) is 2.77. The number of benzene rings is 3. The summed E-state index contributed by atoms with van der Waals surface area (Å²) < 4.78 is 22.5. The van der Waals surface area contributed by atoms with Crippen LogP contribution in [0, 0.1) is 13.8 Å². The summed E-state index contributed by atoms with van der Waals surface area (Å²) in [6, 6.07) is 24.0. The molecule has 0 aromatic heterocycles. The SMILES string of the molecule is Cc1ccc(SOCCOc2ccc(OCCOSc3ccc(C)cc3)cc2)cc1. The zero-order chi connectivity index (χ0) is 21.0. The summed E-state index contributed by atoms with van der Waals surface area (Å²) in [5.74, 6) is 1.58. The Bertz CT molecular complexity index is 791. The fourth-order valence-electron chi connectivity index (χ4n) is 2.43. The van der Waals surface area contributed by atoms with E-state index in [1.807, 2.05) is 48.5 Å². The Balaban J connectivity index is 1.25. The quantitative estimate of drug-likeness (QED) is 0.235. The molecule has 0 aliphatic rings. The highest BCUT2D eigenvalue weighted by Gasteiger charge is 2.00. The van der Waals surface area contributed by atoms with Crippen molar-refractivity contribution in [2.75, 3.05) is 26.4 Å². The lowest BCUT2D eigenvalue weighted by molar-refractivity contribution is 0.234. The van der Waals surface area contributed by atoms with Gasteiger partial charge >= 0.3 is 0 Å². The van der Waals surface area contributed by atoms with Crippen molar-refractivity contribution in [2.45, 2.75) is 23.6 Å². The van der Waals surface area contributed by atoms with Crippen molar-refractivity contribution >= 4 is 24.1 Å². The van der Waals surface area contributed by atoms with Gasteiger partial charge in [0.25, 0.3) is 0 Å². The van der Waals surface area contributed by atoms with E-state index in [1.54, 1.807) is 0 Å². The highest BCUT2D eigenvalue weighted by molar-refractivity contribution is 7.94. The Kier molecular flexibility index (Phi) is 9.44. The van der Waals surface area contributed by atoms with Gasteiger partial charge in [0.15, 0.2) is 0 Å². The molecule has 0 atom stereocenters. The normalized spacial score (nSPS) is 10.7. The molecule has 0 aliphatic heterocycles. The molecule has 158 valence electrons. The molecule has 3 rings (SSSR count). The first-order valence-electron chi connectivity index (χ1n) is 9.77. The minimum Gasteiger partial charge on any atom is -0.491 e. The van der Waals surface area contributed by atoms with Crippen molar-refractivity contribution in [3.63, 3.8) is 0 Å². The number of hydrogen-bond donors (Lipinski definition) is 0. The molecule has 3 aromatic rings. The van der Waals surface area contributed by atoms with Gasteiger partial charge in [0, 0.05) is 33.9 Å². The first-order valence-corrected chi connectivity index (χ1v) is 11.3. The summed E-state index contributed by atoms with van der Waals surface area (Å²) in [6.45, 7) is 6.13. The fraction of sp³-hybridized carbons (Fsp3) is 0.250. The summed E-state index contributed by atoms with van der Waals surface area (Å²) in [5.41, 5.74) is 2.48. The molecule has 0 spiro atoms. The van der Waals surface area contributed by atoms with Crippen LogP contribution in [-0.4, -0.2) is 26.4 Å². The van der Waals surface area contributed by atoms with Gasteiger partial charge in [0.2, 0.25) is 0 Å². The maximum Gasteiger partial charge on any atom is 0.119 e. The molecule has 0 amide bonds. The van der Waals surface area contributed by atoms with Crippen LogP contribution in [0.4, 0.5) is 0 Å². The lowest BCUT2D eigenvalue weighted by Gasteiger charge is -2.09. The molecule has 0 bridgehead atoms. The van der Waals surface area contributed by atoms with Gasteiger partial charge in [0.1, 0.15) is 24.7 Å². The van der Waals surface area contributed by atoms with Gasteiger partial charge < -0.3 is 17.8 Å². The molecule has 6 heteroatoms. The second-order valence-corrected chi connectivity index (χ2v) is 8.35. The standard InChI is InChI=1S/C24H26O4S2/c1-19-3-11-23(12-4-19)29-27-17-15-25-21-7-9-22(10-8-21)26-16-18-28-30-24-13-5-20(2)6-14-24/h3-14H,15-18H2,1-2H3. The van der Waals surface area contributed by atoms with Crippen LogP contribution in [-0.2, 0) is 8.37 Å². The third-order valence-corrected chi connectivity index (χ3v) is 5.55. The maximum absolute atomic E-state index is 5.70. The number of rotatable bonds is 12. The molecule has 0 heterocycles. The smallest absolute Gasteiger partial charge is 0.119 e. The summed E-state index contributed by atoms with van der Waals surface area (Å²) in [6.07, 6.45) is 0. The van der Waals surface area contributed by atoms with E-state index in [2.05, 4.69) is 38.1 Å². The van der Waals surface area contributed by atoms with Crippen molar-refractivity contribution in [1.82, 2.24) is 0 Å². The van der Waals surface area contributed by atoms with Crippen LogP contribution in [0.25, 0.3) is 0 Å². The minimum absolute atomic E-state index is 0.489. The highest BCUT2D eigenvalue weighted by atomic mass is 32.2. The van der Waals surface area contributed by atoms with Crippen molar-refractivity contribution < 1.29 is 17.8 Å². The first-order chi connectivity index (χ1) is 14.7. The summed E-state index contributed by atoms with van der Waals surface area (Å²) in [7, 11) is 0. The Hall–Kier alpha value is -2.12. The van der Waals surface area contributed by atoms with E-state index in [0.29, 0.717) is 26.4 Å². The van der Waals surface area contributed by atoms with E-state index in [1.165, 1.54) is 35.2 Å². The summed E-state index contributed by atoms with van der Waals surface area (Å²) in [4.78, 5) is 2.17. The predicted molar refractivity (Wildman–Crippen MR) is 123 cm³/mol. The van der Waals surface area contributed by atoms with Crippen LogP contribution in [0.1, 0.15) is 11.1 Å². The largest absolute Gasteiger partial charge is 0.491 e. The fourth-order valence-corrected chi connectivity index (χ4v) is 3.50. The van der Waals surface area contributed by atoms with Gasteiger partial charge in [0.05, 0.1) is 13.2 Å². The molecule has 30 heavy (non-hydrogen) atoms. The third kappa shape index (κ3) is 8.32. The third-order valence-electron chi connectivity index (χ3n) is 4.05. The summed E-state index contributed by atoms with van der Waals surface area (Å²) >= 11 is 2.73. The Morgan fingerprint density at radius 2 is 0.867 bits per heavy atom. The molecule has 0 saturated heterocycles. The van der Waals surface area contributed by atoms with Gasteiger partial charge in [-0.3, -0.25) is 0 Å². The van der Waals surface area contributed by atoms with Crippen LogP contribution >= 0.6 is 24.1 Å². The van der Waals surface area contributed by atoms with Crippen LogP contribution in [0.15, 0.2) is 82.6 Å². The molecule has 0 saturated carbocycles. The minimum atomic E-state index is 0.489. The highest BCUT2D eigenvalue weighted by Crippen LogP contribution is 2.21. The first kappa shape index (κ1) is 22.6. The Labute approximate surface area is 187 Å². The average molecular weight is 443 g/mol. The zero-order valence-corrected chi connectivity index (χ0v) is 18.8. The maximum atomic E-state index is 5.70. The second kappa shape index (κ2) is 12.5. The molecule has 0 unspecified atom stereocenters. The van der Waals surface area contributed by atoms with E-state index in [4.69, 9.17) is 17.8 Å². The zero-order valence-electron chi connectivity index (χ0n) is 17.2. The van der Waals surface area contributed by atoms with E-state index < -0.39 is 0 Å².